The van der Waals surface area contributed by atoms with Crippen molar-refractivity contribution in [2.45, 2.75) is 18.8 Å². The van der Waals surface area contributed by atoms with Crippen LogP contribution in [-0.4, -0.2) is 25.4 Å². The Labute approximate surface area is 77.4 Å². The van der Waals surface area contributed by atoms with Crippen molar-refractivity contribution in [3.8, 4) is 0 Å². The van der Waals surface area contributed by atoms with Gasteiger partial charge in [-0.25, -0.2) is 0 Å². The van der Waals surface area contributed by atoms with Crippen molar-refractivity contribution in [3.05, 3.63) is 35.9 Å². The van der Waals surface area contributed by atoms with E-state index in [1.807, 2.05) is 30.3 Å². The normalized spacial score (nSPS) is 18.2. The van der Waals surface area contributed by atoms with Crippen LogP contribution in [0.15, 0.2) is 30.3 Å². The number of hydrogen-bond donors (Lipinski definition) is 3. The first-order chi connectivity index (χ1) is 7.69. The fraction of sp³-hybridized carbons (Fsp3) is 0.333. The number of aliphatic hydroxyl groups excluding tert-OH is 1. The van der Waals surface area contributed by atoms with Gasteiger partial charge in [0.15, 0.2) is 6.29 Å². The maximum atomic E-state index is 7.19. The fourth-order valence-electron chi connectivity index (χ4n) is 0.952. The average molecular weight is 171 g/mol. The largest absolute Gasteiger partial charge is 0.367 e. The van der Waals surface area contributed by atoms with Gasteiger partial charge in [-0.2, -0.15) is 0 Å². The lowest BCUT2D eigenvalue weighted by Gasteiger charge is -2.12. The Bertz CT molecular complexity index is 295. The van der Waals surface area contributed by atoms with Gasteiger partial charge in [0.05, 0.1) is 6.04 Å². The van der Waals surface area contributed by atoms with E-state index in [0.717, 1.165) is 5.56 Å². The van der Waals surface area contributed by atoms with Crippen LogP contribution in [0.5, 0.6) is 0 Å². The smallest absolute Gasteiger partial charge is 0.213 e. The number of nitrogens with two attached hydrogens (primary N) is 1. The SMILES string of the molecule is [2H]OC(O[2H])[C@H](Cc1ccccc1)N([2H])[2H]. The van der Waals surface area contributed by atoms with Crippen molar-refractivity contribution in [3.63, 3.8) is 0 Å². The van der Waals surface area contributed by atoms with E-state index in [0.29, 0.717) is 12.1 Å². The number of aliphatic hydroxyl groups is 2. The molecular formula is C9H13NO2. The Morgan fingerprint density at radius 2 is 2.17 bits per heavy atom. The summed E-state index contributed by atoms with van der Waals surface area (Å²) in [6.45, 7) is 0. The van der Waals surface area contributed by atoms with E-state index < -0.39 is 12.3 Å². The van der Waals surface area contributed by atoms with Crippen molar-refractivity contribution >= 4 is 0 Å². The van der Waals surface area contributed by atoms with Crippen LogP contribution in [0.4, 0.5) is 0 Å². The van der Waals surface area contributed by atoms with Gasteiger partial charge in [-0.3, -0.25) is 0 Å². The van der Waals surface area contributed by atoms with Crippen LogP contribution in [0, 0.1) is 0 Å². The van der Waals surface area contributed by atoms with Crippen molar-refractivity contribution < 1.29 is 13.0 Å². The number of hydrogen-bond acceptors (Lipinski definition) is 3. The van der Waals surface area contributed by atoms with Crippen LogP contribution >= 0.6 is 0 Å². The van der Waals surface area contributed by atoms with E-state index in [1.165, 1.54) is 0 Å². The summed E-state index contributed by atoms with van der Waals surface area (Å²) in [5.41, 5.74) is 1.27. The second kappa shape index (κ2) is 4.21. The van der Waals surface area contributed by atoms with Gasteiger partial charge < -0.3 is 15.9 Å². The number of rotatable bonds is 6. The van der Waals surface area contributed by atoms with E-state index in [1.54, 1.807) is 0 Å². The molecule has 0 fully saturated rings. The Balaban J connectivity index is 2.72. The van der Waals surface area contributed by atoms with Crippen LogP contribution in [0.1, 0.15) is 5.56 Å². The van der Waals surface area contributed by atoms with Crippen LogP contribution in [-0.2, 0) is 6.42 Å². The van der Waals surface area contributed by atoms with E-state index in [2.05, 4.69) is 10.2 Å². The summed E-state index contributed by atoms with van der Waals surface area (Å²) in [7, 11) is 0. The second-order valence-electron chi connectivity index (χ2n) is 2.63. The predicted molar refractivity (Wildman–Crippen MR) is 46.3 cm³/mol. The van der Waals surface area contributed by atoms with Crippen molar-refractivity contribution in [2.24, 2.45) is 5.72 Å². The Morgan fingerprint density at radius 3 is 2.75 bits per heavy atom. The first kappa shape index (κ1) is 4.97. The zero-order chi connectivity index (χ0) is 12.0. The Kier molecular flexibility index (Phi) is 1.74. The molecule has 0 aliphatic heterocycles. The van der Waals surface area contributed by atoms with E-state index in [9.17, 15) is 0 Å². The maximum Gasteiger partial charge on any atom is 0.213 e. The third-order valence-electron chi connectivity index (χ3n) is 1.60. The monoisotopic (exact) mass is 171 g/mol. The van der Waals surface area contributed by atoms with Gasteiger partial charge in [0.2, 0.25) is 2.86 Å². The van der Waals surface area contributed by atoms with E-state index >= 15 is 0 Å². The second-order valence-corrected chi connectivity index (χ2v) is 2.63. The highest BCUT2D eigenvalue weighted by molar-refractivity contribution is 5.15. The van der Waals surface area contributed by atoms with Gasteiger partial charge in [-0.1, -0.05) is 30.3 Å². The summed E-state index contributed by atoms with van der Waals surface area (Å²) in [6, 6.07) is 8.38. The topological polar surface area (TPSA) is 66.5 Å². The van der Waals surface area contributed by atoms with E-state index in [4.69, 9.17) is 5.69 Å². The van der Waals surface area contributed by atoms with Crippen LogP contribution < -0.4 is 5.72 Å². The lowest BCUT2D eigenvalue weighted by atomic mass is 10.1. The quantitative estimate of drug-likeness (QED) is 0.522. The number of benzene rings is 1. The molecule has 66 valence electrons. The molecule has 1 rings (SSSR count). The van der Waals surface area contributed by atoms with Gasteiger partial charge in [0, 0.05) is 0 Å². The summed E-state index contributed by atoms with van der Waals surface area (Å²) in [4.78, 5) is 0. The molecule has 0 aromatic heterocycles. The van der Waals surface area contributed by atoms with Gasteiger partial charge >= 0.3 is 0 Å². The highest BCUT2D eigenvalue weighted by Gasteiger charge is 2.10. The first-order valence-electron chi connectivity index (χ1n) is 5.45. The molecule has 3 nitrogen and oxygen atoms in total. The lowest BCUT2D eigenvalue weighted by Crippen LogP contribution is -2.36. The first-order valence-corrected chi connectivity index (χ1v) is 3.74. The summed E-state index contributed by atoms with van der Waals surface area (Å²) < 4.78 is 27.8. The molecule has 0 saturated heterocycles. The summed E-state index contributed by atoms with van der Waals surface area (Å²) in [5, 5.41) is 8.31. The molecule has 4 N–H and O–H groups in total. The average Bonchev–Trinajstić information content (AvgIpc) is 2.30. The molecule has 1 aromatic rings. The zero-order valence-electron chi connectivity index (χ0n) is 10.5. The molecule has 0 unspecified atom stereocenters. The van der Waals surface area contributed by atoms with Gasteiger partial charge in [-0.05, 0) is 12.0 Å². The summed E-state index contributed by atoms with van der Waals surface area (Å²) in [6.07, 6.45) is -0.939. The summed E-state index contributed by atoms with van der Waals surface area (Å²) in [5.74, 6) is 0. The highest BCUT2D eigenvalue weighted by atomic mass is 16.5. The zero-order valence-corrected chi connectivity index (χ0v) is 6.51. The third-order valence-corrected chi connectivity index (χ3v) is 1.60. The molecule has 0 bridgehead atoms. The Morgan fingerprint density at radius 1 is 1.42 bits per heavy atom. The van der Waals surface area contributed by atoms with Crippen LogP contribution in [0.2, 0.25) is 2.82 Å². The van der Waals surface area contributed by atoms with Crippen molar-refractivity contribution in [2.75, 3.05) is 0 Å². The van der Waals surface area contributed by atoms with Crippen molar-refractivity contribution in [1.82, 2.24) is 0 Å². The van der Waals surface area contributed by atoms with Crippen molar-refractivity contribution in [1.29, 1.82) is 2.86 Å². The van der Waals surface area contributed by atoms with Gasteiger partial charge in [-0.15, -0.1) is 0 Å². The lowest BCUT2D eigenvalue weighted by molar-refractivity contribution is -0.0577. The minimum Gasteiger partial charge on any atom is -0.367 e. The molecule has 1 atom stereocenters. The third kappa shape index (κ3) is 2.62. The molecule has 3 heteroatoms. The maximum absolute atomic E-state index is 7.19. The minimum absolute atomic E-state index is 0.302. The van der Waals surface area contributed by atoms with Crippen LogP contribution in [0.3, 0.4) is 0 Å². The highest BCUT2D eigenvalue weighted by Crippen LogP contribution is 2.02. The molecule has 0 radical (unpaired) electrons. The summed E-state index contributed by atoms with van der Waals surface area (Å²) >= 11 is 0. The standard InChI is InChI=1S/C9H13NO2/c10-8(9(11)12)6-7-4-2-1-3-5-7/h1-5,8-9,11-12H,6,10H2/t8-/m0/s1/i11D,12D/hD2. The molecule has 0 spiro atoms. The van der Waals surface area contributed by atoms with Gasteiger partial charge in [0.1, 0.15) is 2.82 Å². The fourth-order valence-corrected chi connectivity index (χ4v) is 0.952. The van der Waals surface area contributed by atoms with E-state index in [-0.39, 0.29) is 0 Å². The van der Waals surface area contributed by atoms with Crippen LogP contribution in [0.25, 0.3) is 0 Å². The molecule has 1 aromatic carbocycles. The predicted octanol–water partition coefficient (Wildman–Crippen LogP) is -0.133. The molecule has 0 amide bonds. The Hall–Kier alpha value is -0.900. The molecule has 0 aliphatic carbocycles. The molecule has 12 heavy (non-hydrogen) atoms. The molecule has 0 saturated carbocycles. The van der Waals surface area contributed by atoms with Gasteiger partial charge in [0.25, 0.3) is 0 Å². The molecule has 0 aliphatic rings. The minimum atomic E-state index is -1.24. The molecule has 0 heterocycles. The molecular weight excluding hydrogens is 154 g/mol.